The lowest BCUT2D eigenvalue weighted by atomic mass is 10.3. The fourth-order valence-corrected chi connectivity index (χ4v) is 3.44. The zero-order valence-electron chi connectivity index (χ0n) is 12.8. The Balaban J connectivity index is 1.63. The summed E-state index contributed by atoms with van der Waals surface area (Å²) in [5.41, 5.74) is 3.19. The SMILES string of the molecule is Cc1nc2sccn2c1CN(C)C(=O)c1cn2ccccc2n1. The van der Waals surface area contributed by atoms with E-state index < -0.39 is 0 Å². The standard InChI is InChI=1S/C16H15N5OS/c1-11-13(21-7-8-23-16(21)17-11)10-19(2)15(22)12-9-20-6-4-3-5-14(20)18-12/h3-9H,10H2,1-2H3. The van der Waals surface area contributed by atoms with Gasteiger partial charge in [-0.1, -0.05) is 6.07 Å². The molecule has 4 rings (SSSR count). The molecule has 0 saturated heterocycles. The van der Waals surface area contributed by atoms with Crippen LogP contribution in [0, 0.1) is 6.92 Å². The Hall–Kier alpha value is -2.67. The second kappa shape index (κ2) is 5.20. The van der Waals surface area contributed by atoms with E-state index in [1.165, 1.54) is 0 Å². The van der Waals surface area contributed by atoms with Gasteiger partial charge in [0.25, 0.3) is 5.91 Å². The number of hydrogen-bond donors (Lipinski definition) is 0. The first-order valence-corrected chi connectivity index (χ1v) is 8.11. The topological polar surface area (TPSA) is 54.9 Å². The highest BCUT2D eigenvalue weighted by atomic mass is 32.1. The van der Waals surface area contributed by atoms with E-state index in [2.05, 4.69) is 9.97 Å². The molecule has 6 nitrogen and oxygen atoms in total. The molecule has 0 spiro atoms. The molecule has 23 heavy (non-hydrogen) atoms. The Morgan fingerprint density at radius 2 is 2.17 bits per heavy atom. The average molecular weight is 325 g/mol. The maximum Gasteiger partial charge on any atom is 0.274 e. The summed E-state index contributed by atoms with van der Waals surface area (Å²) in [6.07, 6.45) is 5.63. The van der Waals surface area contributed by atoms with Crippen LogP contribution >= 0.6 is 11.3 Å². The van der Waals surface area contributed by atoms with Crippen LogP contribution < -0.4 is 0 Å². The van der Waals surface area contributed by atoms with Crippen molar-refractivity contribution in [3.05, 3.63) is 59.3 Å². The van der Waals surface area contributed by atoms with E-state index in [0.29, 0.717) is 12.2 Å². The number of carbonyl (C=O) groups excluding carboxylic acids is 1. The Morgan fingerprint density at radius 3 is 3.00 bits per heavy atom. The van der Waals surface area contributed by atoms with Gasteiger partial charge in [0, 0.05) is 31.0 Å². The third-order valence-corrected chi connectivity index (χ3v) is 4.63. The van der Waals surface area contributed by atoms with Gasteiger partial charge in [0.1, 0.15) is 11.3 Å². The first kappa shape index (κ1) is 14.0. The molecular weight excluding hydrogens is 310 g/mol. The molecule has 0 radical (unpaired) electrons. The molecule has 0 aliphatic rings. The molecule has 4 aromatic heterocycles. The number of aryl methyl sites for hydroxylation is 1. The summed E-state index contributed by atoms with van der Waals surface area (Å²) in [6, 6.07) is 5.70. The summed E-state index contributed by atoms with van der Waals surface area (Å²) in [5.74, 6) is -0.0988. The Kier molecular flexibility index (Phi) is 3.16. The Bertz CT molecular complexity index is 979. The van der Waals surface area contributed by atoms with E-state index in [0.717, 1.165) is 22.0 Å². The number of carbonyl (C=O) groups is 1. The Morgan fingerprint density at radius 1 is 1.30 bits per heavy atom. The molecule has 0 aliphatic heterocycles. The van der Waals surface area contributed by atoms with Crippen molar-refractivity contribution in [3.8, 4) is 0 Å². The molecule has 0 aromatic carbocycles. The molecule has 0 aliphatic carbocycles. The quantitative estimate of drug-likeness (QED) is 0.582. The molecule has 4 heterocycles. The molecular formula is C16H15N5OS. The predicted octanol–water partition coefficient (Wildman–Crippen LogP) is 2.62. The molecule has 0 bridgehead atoms. The minimum atomic E-state index is -0.0988. The van der Waals surface area contributed by atoms with E-state index in [1.807, 2.05) is 51.7 Å². The molecule has 0 saturated carbocycles. The second-order valence-corrected chi connectivity index (χ2v) is 6.33. The van der Waals surface area contributed by atoms with Gasteiger partial charge in [-0.15, -0.1) is 11.3 Å². The van der Waals surface area contributed by atoms with Gasteiger partial charge in [0.05, 0.1) is 17.9 Å². The zero-order valence-corrected chi connectivity index (χ0v) is 13.6. The first-order valence-electron chi connectivity index (χ1n) is 7.24. The van der Waals surface area contributed by atoms with Crippen molar-refractivity contribution in [1.82, 2.24) is 23.7 Å². The van der Waals surface area contributed by atoms with Crippen LogP contribution in [-0.4, -0.2) is 36.6 Å². The van der Waals surface area contributed by atoms with Crippen LogP contribution in [-0.2, 0) is 6.54 Å². The summed E-state index contributed by atoms with van der Waals surface area (Å²) in [4.78, 5) is 24.2. The predicted molar refractivity (Wildman–Crippen MR) is 88.8 cm³/mol. The van der Waals surface area contributed by atoms with Gasteiger partial charge in [-0.05, 0) is 19.1 Å². The molecule has 0 unspecified atom stereocenters. The highest BCUT2D eigenvalue weighted by Crippen LogP contribution is 2.18. The highest BCUT2D eigenvalue weighted by Gasteiger charge is 2.19. The maximum absolute atomic E-state index is 12.6. The molecule has 116 valence electrons. The lowest BCUT2D eigenvalue weighted by Crippen LogP contribution is -2.27. The first-order chi connectivity index (χ1) is 11.1. The van der Waals surface area contributed by atoms with Gasteiger partial charge in [-0.3, -0.25) is 9.20 Å². The van der Waals surface area contributed by atoms with Crippen molar-refractivity contribution < 1.29 is 4.79 Å². The molecule has 0 fully saturated rings. The zero-order chi connectivity index (χ0) is 16.0. The Labute approximate surface area is 136 Å². The number of thiazole rings is 1. The van der Waals surface area contributed by atoms with Gasteiger partial charge < -0.3 is 9.30 Å². The molecule has 1 amide bonds. The smallest absolute Gasteiger partial charge is 0.274 e. The fourth-order valence-electron chi connectivity index (χ4n) is 2.66. The number of rotatable bonds is 3. The van der Waals surface area contributed by atoms with E-state index in [9.17, 15) is 4.79 Å². The minimum Gasteiger partial charge on any atom is -0.334 e. The third kappa shape index (κ3) is 2.29. The number of aromatic nitrogens is 4. The summed E-state index contributed by atoms with van der Waals surface area (Å²) in [5, 5.41) is 2.00. The van der Waals surface area contributed by atoms with Crippen LogP contribution in [0.1, 0.15) is 21.9 Å². The number of hydrogen-bond acceptors (Lipinski definition) is 4. The van der Waals surface area contributed by atoms with Crippen molar-refractivity contribution in [2.75, 3.05) is 7.05 Å². The summed E-state index contributed by atoms with van der Waals surface area (Å²) < 4.78 is 3.88. The third-order valence-electron chi connectivity index (χ3n) is 3.88. The monoisotopic (exact) mass is 325 g/mol. The largest absolute Gasteiger partial charge is 0.334 e. The summed E-state index contributed by atoms with van der Waals surface area (Å²) >= 11 is 1.59. The van der Waals surface area contributed by atoms with E-state index in [1.54, 1.807) is 29.5 Å². The van der Waals surface area contributed by atoms with E-state index in [-0.39, 0.29) is 5.91 Å². The van der Waals surface area contributed by atoms with Gasteiger partial charge in [-0.25, -0.2) is 9.97 Å². The highest BCUT2D eigenvalue weighted by molar-refractivity contribution is 7.15. The van der Waals surface area contributed by atoms with Crippen LogP contribution in [0.15, 0.2) is 42.2 Å². The number of pyridine rings is 1. The lowest BCUT2D eigenvalue weighted by Gasteiger charge is -2.15. The number of nitrogens with zero attached hydrogens (tertiary/aromatic N) is 5. The fraction of sp³-hybridized carbons (Fsp3) is 0.188. The lowest BCUT2D eigenvalue weighted by molar-refractivity contribution is 0.0778. The average Bonchev–Trinajstić information content (AvgIpc) is 3.22. The van der Waals surface area contributed by atoms with Crippen LogP contribution in [0.2, 0.25) is 0 Å². The number of imidazole rings is 2. The van der Waals surface area contributed by atoms with Crippen molar-refractivity contribution in [2.24, 2.45) is 0 Å². The van der Waals surface area contributed by atoms with Gasteiger partial charge in [0.15, 0.2) is 4.96 Å². The van der Waals surface area contributed by atoms with Gasteiger partial charge in [0.2, 0.25) is 0 Å². The normalized spacial score (nSPS) is 11.4. The summed E-state index contributed by atoms with van der Waals surface area (Å²) in [6.45, 7) is 2.47. The number of amides is 1. The van der Waals surface area contributed by atoms with E-state index >= 15 is 0 Å². The van der Waals surface area contributed by atoms with Crippen LogP contribution in [0.3, 0.4) is 0 Å². The molecule has 4 aromatic rings. The second-order valence-electron chi connectivity index (χ2n) is 5.45. The van der Waals surface area contributed by atoms with Crippen molar-refractivity contribution in [3.63, 3.8) is 0 Å². The minimum absolute atomic E-state index is 0.0988. The molecule has 0 atom stereocenters. The molecule has 7 heteroatoms. The van der Waals surface area contributed by atoms with Crippen molar-refractivity contribution >= 4 is 27.9 Å². The molecule has 0 N–H and O–H groups in total. The van der Waals surface area contributed by atoms with E-state index in [4.69, 9.17) is 0 Å². The van der Waals surface area contributed by atoms with Crippen LogP contribution in [0.5, 0.6) is 0 Å². The number of fused-ring (bicyclic) bond motifs is 2. The summed E-state index contributed by atoms with van der Waals surface area (Å²) in [7, 11) is 1.79. The van der Waals surface area contributed by atoms with Crippen molar-refractivity contribution in [1.29, 1.82) is 0 Å². The van der Waals surface area contributed by atoms with Crippen LogP contribution in [0.4, 0.5) is 0 Å². The maximum atomic E-state index is 12.6. The van der Waals surface area contributed by atoms with Gasteiger partial charge >= 0.3 is 0 Å². The van der Waals surface area contributed by atoms with Crippen molar-refractivity contribution in [2.45, 2.75) is 13.5 Å². The van der Waals surface area contributed by atoms with Crippen LogP contribution in [0.25, 0.3) is 10.6 Å². The van der Waals surface area contributed by atoms with Gasteiger partial charge in [-0.2, -0.15) is 0 Å².